The number of nitro groups is 1. The number of Topliss-reactive ketones (excluding diaryl/α,β-unsaturated/α-hetero) is 1. The highest BCUT2D eigenvalue weighted by atomic mass is 32.1. The van der Waals surface area contributed by atoms with E-state index in [-0.39, 0.29) is 22.8 Å². The van der Waals surface area contributed by atoms with Gasteiger partial charge in [0, 0.05) is 12.1 Å². The molecule has 2 amide bonds. The highest BCUT2D eigenvalue weighted by Crippen LogP contribution is 2.30. The van der Waals surface area contributed by atoms with Crippen LogP contribution in [0.5, 0.6) is 0 Å². The number of hydrogen-bond acceptors (Lipinski definition) is 9. The summed E-state index contributed by atoms with van der Waals surface area (Å²) in [6, 6.07) is 10.4. The molecule has 12 heteroatoms. The van der Waals surface area contributed by atoms with Crippen molar-refractivity contribution in [3.05, 3.63) is 58.1 Å². The van der Waals surface area contributed by atoms with Crippen molar-refractivity contribution in [2.75, 3.05) is 16.8 Å². The number of benzene rings is 2. The second kappa shape index (κ2) is 8.74. The molecular formula is C21H16N4O7S. The van der Waals surface area contributed by atoms with E-state index in [9.17, 15) is 29.3 Å². The number of esters is 1. The van der Waals surface area contributed by atoms with Crippen LogP contribution in [0.15, 0.2) is 42.5 Å². The SMILES string of the molecule is CC[C@@H](OC(=O)CN1C(=O)C(=O)c2ccccc21)C(=O)Nc1nc2ccc([N+](=O)[O-])cc2s1. The minimum Gasteiger partial charge on any atom is -0.451 e. The molecule has 168 valence electrons. The van der Waals surface area contributed by atoms with Crippen molar-refractivity contribution in [2.24, 2.45) is 0 Å². The fraction of sp³-hybridized carbons (Fsp3) is 0.190. The van der Waals surface area contributed by atoms with Crippen LogP contribution in [-0.2, 0) is 19.1 Å². The fourth-order valence-corrected chi connectivity index (χ4v) is 4.22. The summed E-state index contributed by atoms with van der Waals surface area (Å²) in [5.41, 5.74) is 0.893. The maximum absolute atomic E-state index is 12.6. The number of carbonyl (C=O) groups is 4. The fourth-order valence-electron chi connectivity index (χ4n) is 3.32. The van der Waals surface area contributed by atoms with E-state index in [1.807, 2.05) is 0 Å². The predicted octanol–water partition coefficient (Wildman–Crippen LogP) is 2.69. The maximum atomic E-state index is 12.6. The molecular weight excluding hydrogens is 452 g/mol. The van der Waals surface area contributed by atoms with Gasteiger partial charge in [-0.25, -0.2) is 4.98 Å². The van der Waals surface area contributed by atoms with Crippen molar-refractivity contribution in [3.8, 4) is 0 Å². The molecule has 4 rings (SSSR count). The summed E-state index contributed by atoms with van der Waals surface area (Å²) in [5, 5.41) is 13.7. The van der Waals surface area contributed by atoms with Crippen molar-refractivity contribution in [3.63, 3.8) is 0 Å². The molecule has 1 aliphatic rings. The van der Waals surface area contributed by atoms with E-state index in [1.54, 1.807) is 25.1 Å². The molecule has 3 aromatic rings. The van der Waals surface area contributed by atoms with Crippen LogP contribution in [0.4, 0.5) is 16.5 Å². The Labute approximate surface area is 190 Å². The molecule has 33 heavy (non-hydrogen) atoms. The smallest absolute Gasteiger partial charge is 0.326 e. The van der Waals surface area contributed by atoms with Crippen molar-refractivity contribution in [1.82, 2.24) is 4.98 Å². The molecule has 2 heterocycles. The van der Waals surface area contributed by atoms with E-state index in [2.05, 4.69) is 10.3 Å². The molecule has 1 aliphatic heterocycles. The quantitative estimate of drug-likeness (QED) is 0.241. The molecule has 0 unspecified atom stereocenters. The van der Waals surface area contributed by atoms with Crippen LogP contribution in [0.1, 0.15) is 23.7 Å². The third kappa shape index (κ3) is 4.28. The Bertz CT molecular complexity index is 1320. The molecule has 11 nitrogen and oxygen atoms in total. The van der Waals surface area contributed by atoms with Crippen LogP contribution in [0, 0.1) is 10.1 Å². The molecule has 0 fully saturated rings. The van der Waals surface area contributed by atoms with Gasteiger partial charge in [-0.2, -0.15) is 0 Å². The maximum Gasteiger partial charge on any atom is 0.326 e. The van der Waals surface area contributed by atoms with Crippen molar-refractivity contribution in [1.29, 1.82) is 0 Å². The number of aromatic nitrogens is 1. The van der Waals surface area contributed by atoms with Crippen molar-refractivity contribution >= 4 is 61.6 Å². The zero-order valence-corrected chi connectivity index (χ0v) is 18.0. The number of thiazole rings is 1. The third-order valence-electron chi connectivity index (χ3n) is 4.92. The lowest BCUT2D eigenvalue weighted by Crippen LogP contribution is -2.39. The second-order valence-electron chi connectivity index (χ2n) is 7.04. The lowest BCUT2D eigenvalue weighted by atomic mass is 10.1. The van der Waals surface area contributed by atoms with Gasteiger partial charge in [-0.05, 0) is 24.6 Å². The van der Waals surface area contributed by atoms with Crippen LogP contribution in [0.2, 0.25) is 0 Å². The lowest BCUT2D eigenvalue weighted by molar-refractivity contribution is -0.384. The molecule has 0 aliphatic carbocycles. The van der Waals surface area contributed by atoms with Gasteiger partial charge >= 0.3 is 5.97 Å². The number of ketones is 1. The molecule has 0 saturated carbocycles. The Kier molecular flexibility index (Phi) is 5.84. The van der Waals surface area contributed by atoms with E-state index in [4.69, 9.17) is 4.74 Å². The number of nitrogens with zero attached hydrogens (tertiary/aromatic N) is 3. The zero-order chi connectivity index (χ0) is 23.7. The lowest BCUT2D eigenvalue weighted by Gasteiger charge is -2.19. The van der Waals surface area contributed by atoms with Gasteiger partial charge in [0.15, 0.2) is 11.2 Å². The molecule has 0 spiro atoms. The van der Waals surface area contributed by atoms with Crippen LogP contribution in [0.3, 0.4) is 0 Å². The number of anilines is 2. The predicted molar refractivity (Wildman–Crippen MR) is 118 cm³/mol. The number of hydrogen-bond donors (Lipinski definition) is 1. The molecule has 1 atom stereocenters. The van der Waals surface area contributed by atoms with Gasteiger partial charge in [0.25, 0.3) is 23.3 Å². The van der Waals surface area contributed by atoms with Gasteiger partial charge in [0.05, 0.1) is 26.4 Å². The second-order valence-corrected chi connectivity index (χ2v) is 8.07. The number of nitrogens with one attached hydrogen (secondary N) is 1. The first kappa shape index (κ1) is 22.0. The van der Waals surface area contributed by atoms with Crippen LogP contribution in [-0.4, -0.2) is 46.1 Å². The monoisotopic (exact) mass is 468 g/mol. The summed E-state index contributed by atoms with van der Waals surface area (Å²) >= 11 is 1.04. The van der Waals surface area contributed by atoms with Crippen molar-refractivity contribution < 1.29 is 28.8 Å². The first-order valence-electron chi connectivity index (χ1n) is 9.79. The first-order chi connectivity index (χ1) is 15.8. The first-order valence-corrected chi connectivity index (χ1v) is 10.6. The van der Waals surface area contributed by atoms with Gasteiger partial charge in [0.2, 0.25) is 0 Å². The standard InChI is InChI=1S/C21H16N4O7S/c1-2-15(19(28)23-21-22-13-8-7-11(25(30)31)9-16(13)33-21)32-17(26)10-24-14-6-4-3-5-12(14)18(27)20(24)29/h3-9,15H,2,10H2,1H3,(H,22,23,28)/t15-/m1/s1. The van der Waals surface area contributed by atoms with E-state index < -0.39 is 41.1 Å². The van der Waals surface area contributed by atoms with Crippen LogP contribution >= 0.6 is 11.3 Å². The van der Waals surface area contributed by atoms with Crippen LogP contribution < -0.4 is 10.2 Å². The number of fused-ring (bicyclic) bond motifs is 2. The number of para-hydroxylation sites is 1. The van der Waals surface area contributed by atoms with Gasteiger partial charge in [-0.1, -0.05) is 30.4 Å². The molecule has 0 bridgehead atoms. The van der Waals surface area contributed by atoms with Crippen molar-refractivity contribution in [2.45, 2.75) is 19.4 Å². The number of carbonyl (C=O) groups excluding carboxylic acids is 4. The molecule has 1 N–H and O–H groups in total. The van der Waals surface area contributed by atoms with Gasteiger partial charge in [-0.15, -0.1) is 0 Å². The van der Waals surface area contributed by atoms with E-state index >= 15 is 0 Å². The Morgan fingerprint density at radius 2 is 2.00 bits per heavy atom. The average molecular weight is 468 g/mol. The highest BCUT2D eigenvalue weighted by molar-refractivity contribution is 7.22. The summed E-state index contributed by atoms with van der Waals surface area (Å²) in [6.07, 6.45) is -1.01. The minimum absolute atomic E-state index is 0.0964. The van der Waals surface area contributed by atoms with Crippen LogP contribution in [0.25, 0.3) is 10.2 Å². The number of ether oxygens (including phenoxy) is 1. The van der Waals surface area contributed by atoms with Gasteiger partial charge < -0.3 is 4.74 Å². The summed E-state index contributed by atoms with van der Waals surface area (Å²) in [6.45, 7) is 1.12. The summed E-state index contributed by atoms with van der Waals surface area (Å²) in [7, 11) is 0. The Hall–Kier alpha value is -4.19. The zero-order valence-electron chi connectivity index (χ0n) is 17.1. The topological polar surface area (TPSA) is 149 Å². The minimum atomic E-state index is -1.16. The molecule has 2 aromatic carbocycles. The Morgan fingerprint density at radius 1 is 1.24 bits per heavy atom. The number of amides is 2. The molecule has 0 radical (unpaired) electrons. The van der Waals surface area contributed by atoms with Gasteiger partial charge in [0.1, 0.15) is 6.54 Å². The highest BCUT2D eigenvalue weighted by Gasteiger charge is 2.37. The summed E-state index contributed by atoms with van der Waals surface area (Å²) in [4.78, 5) is 65.0. The normalized spacial score (nSPS) is 13.7. The van der Waals surface area contributed by atoms with E-state index in [0.717, 1.165) is 16.2 Å². The van der Waals surface area contributed by atoms with E-state index in [1.165, 1.54) is 24.3 Å². The number of non-ortho nitro benzene ring substituents is 1. The molecule has 1 aromatic heterocycles. The summed E-state index contributed by atoms with van der Waals surface area (Å²) in [5.74, 6) is -3.04. The molecule has 0 saturated heterocycles. The summed E-state index contributed by atoms with van der Waals surface area (Å²) < 4.78 is 5.76. The Morgan fingerprint density at radius 3 is 2.73 bits per heavy atom. The largest absolute Gasteiger partial charge is 0.451 e. The average Bonchev–Trinajstić information content (AvgIpc) is 3.30. The third-order valence-corrected chi connectivity index (χ3v) is 5.85. The Balaban J connectivity index is 1.42. The van der Waals surface area contributed by atoms with Gasteiger partial charge in [-0.3, -0.25) is 39.5 Å². The number of rotatable bonds is 7. The number of nitro benzene ring substituents is 1. The van der Waals surface area contributed by atoms with E-state index in [0.29, 0.717) is 15.9 Å².